The van der Waals surface area contributed by atoms with Gasteiger partial charge in [0.25, 0.3) is 0 Å². The lowest BCUT2D eigenvalue weighted by Gasteiger charge is -2.18. The molecule has 0 heterocycles. The van der Waals surface area contributed by atoms with Crippen LogP contribution in [0.4, 0.5) is 0 Å². The van der Waals surface area contributed by atoms with Crippen LogP contribution in [0.3, 0.4) is 0 Å². The van der Waals surface area contributed by atoms with E-state index in [1.54, 1.807) is 0 Å². The highest BCUT2D eigenvalue weighted by Crippen LogP contribution is 2.18. The van der Waals surface area contributed by atoms with Gasteiger partial charge in [0.05, 0.1) is 0 Å². The minimum absolute atomic E-state index is 0.0635. The SMILES string of the molecule is CCCCCCCCCCCCCCCCCC(=O)O[C@@H](COC(=O)CCCCCCC)COC(=O)CCCCCCCCCCCCCCCCCCCCC(C)CC. The van der Waals surface area contributed by atoms with Crippen LogP contribution in [0.1, 0.15) is 304 Å². The molecule has 0 aromatic rings. The van der Waals surface area contributed by atoms with E-state index in [1.807, 2.05) is 0 Å². The Bertz CT molecular complexity index is 905. The summed E-state index contributed by atoms with van der Waals surface area (Å²) < 4.78 is 16.7. The maximum Gasteiger partial charge on any atom is 0.306 e. The van der Waals surface area contributed by atoms with Crippen LogP contribution in [0.15, 0.2) is 0 Å². The summed E-state index contributed by atoms with van der Waals surface area (Å²) in [6.07, 6.45) is 51.2. The Morgan fingerprint density at radius 1 is 0.333 bits per heavy atom. The van der Waals surface area contributed by atoms with Gasteiger partial charge in [-0.25, -0.2) is 0 Å². The monoisotopic (exact) mass is 849 g/mol. The third kappa shape index (κ3) is 45.9. The van der Waals surface area contributed by atoms with Crippen LogP contribution in [0.2, 0.25) is 0 Å². The number of hydrogen-bond acceptors (Lipinski definition) is 6. The first-order valence-electron chi connectivity index (χ1n) is 26.9. The molecule has 0 bridgehead atoms. The summed E-state index contributed by atoms with van der Waals surface area (Å²) in [5, 5.41) is 0. The van der Waals surface area contributed by atoms with Gasteiger partial charge in [-0.05, 0) is 25.2 Å². The molecule has 0 saturated carbocycles. The molecule has 0 fully saturated rings. The number of unbranched alkanes of at least 4 members (excludes halogenated alkanes) is 35. The lowest BCUT2D eigenvalue weighted by molar-refractivity contribution is -0.167. The van der Waals surface area contributed by atoms with Crippen molar-refractivity contribution < 1.29 is 28.6 Å². The summed E-state index contributed by atoms with van der Waals surface area (Å²) in [5.74, 6) is 0.0529. The summed E-state index contributed by atoms with van der Waals surface area (Å²) >= 11 is 0. The van der Waals surface area contributed by atoms with E-state index in [9.17, 15) is 14.4 Å². The Morgan fingerprint density at radius 3 is 0.867 bits per heavy atom. The number of esters is 3. The van der Waals surface area contributed by atoms with Gasteiger partial charge in [0.1, 0.15) is 13.2 Å². The van der Waals surface area contributed by atoms with Gasteiger partial charge in [0.15, 0.2) is 6.10 Å². The van der Waals surface area contributed by atoms with E-state index in [2.05, 4.69) is 27.7 Å². The first-order valence-corrected chi connectivity index (χ1v) is 26.9. The van der Waals surface area contributed by atoms with Gasteiger partial charge in [-0.2, -0.15) is 0 Å². The van der Waals surface area contributed by atoms with E-state index in [0.717, 1.165) is 70.1 Å². The molecule has 0 aromatic heterocycles. The van der Waals surface area contributed by atoms with Crippen LogP contribution in [0.25, 0.3) is 0 Å². The average Bonchev–Trinajstić information content (AvgIpc) is 3.24. The fraction of sp³-hybridized carbons (Fsp3) is 0.944. The summed E-state index contributed by atoms with van der Waals surface area (Å²) in [5.41, 5.74) is 0. The summed E-state index contributed by atoms with van der Waals surface area (Å²) in [4.78, 5) is 37.7. The molecule has 356 valence electrons. The van der Waals surface area contributed by atoms with Crippen molar-refractivity contribution in [1.29, 1.82) is 0 Å². The first-order chi connectivity index (χ1) is 29.4. The van der Waals surface area contributed by atoms with Crippen molar-refractivity contribution in [3.8, 4) is 0 Å². The molecule has 0 aliphatic carbocycles. The quantitative estimate of drug-likeness (QED) is 0.0345. The zero-order chi connectivity index (χ0) is 43.8. The molecule has 0 radical (unpaired) electrons. The van der Waals surface area contributed by atoms with E-state index in [-0.39, 0.29) is 31.1 Å². The summed E-state index contributed by atoms with van der Waals surface area (Å²) in [6, 6.07) is 0. The lowest BCUT2D eigenvalue weighted by atomic mass is 9.99. The Kier molecular flexibility index (Phi) is 47.2. The Balaban J connectivity index is 4.04. The minimum Gasteiger partial charge on any atom is -0.462 e. The zero-order valence-corrected chi connectivity index (χ0v) is 40.9. The summed E-state index contributed by atoms with van der Waals surface area (Å²) in [6.45, 7) is 9.01. The van der Waals surface area contributed by atoms with Crippen LogP contribution in [-0.2, 0) is 28.6 Å². The van der Waals surface area contributed by atoms with Gasteiger partial charge >= 0.3 is 17.9 Å². The van der Waals surface area contributed by atoms with Gasteiger partial charge in [-0.15, -0.1) is 0 Å². The van der Waals surface area contributed by atoms with Crippen molar-refractivity contribution in [2.75, 3.05) is 13.2 Å². The molecule has 60 heavy (non-hydrogen) atoms. The lowest BCUT2D eigenvalue weighted by Crippen LogP contribution is -2.30. The smallest absolute Gasteiger partial charge is 0.306 e. The molecule has 1 unspecified atom stereocenters. The maximum atomic E-state index is 12.7. The third-order valence-corrected chi connectivity index (χ3v) is 12.7. The molecule has 2 atom stereocenters. The molecule has 0 N–H and O–H groups in total. The summed E-state index contributed by atoms with van der Waals surface area (Å²) in [7, 11) is 0. The molecule has 0 aliphatic rings. The number of ether oxygens (including phenoxy) is 3. The largest absolute Gasteiger partial charge is 0.462 e. The van der Waals surface area contributed by atoms with Gasteiger partial charge in [-0.3, -0.25) is 14.4 Å². The third-order valence-electron chi connectivity index (χ3n) is 12.7. The minimum atomic E-state index is -0.759. The molecular weight excluding hydrogens is 745 g/mol. The molecule has 0 saturated heterocycles. The van der Waals surface area contributed by atoms with Crippen molar-refractivity contribution in [2.45, 2.75) is 310 Å². The normalized spacial score (nSPS) is 12.4. The van der Waals surface area contributed by atoms with Gasteiger partial charge in [0, 0.05) is 19.3 Å². The van der Waals surface area contributed by atoms with Crippen molar-refractivity contribution in [2.24, 2.45) is 5.92 Å². The highest BCUT2D eigenvalue weighted by atomic mass is 16.6. The van der Waals surface area contributed by atoms with E-state index < -0.39 is 6.10 Å². The second kappa shape index (κ2) is 48.4. The first kappa shape index (κ1) is 58.4. The van der Waals surface area contributed by atoms with Crippen LogP contribution in [0, 0.1) is 5.92 Å². The van der Waals surface area contributed by atoms with Gasteiger partial charge in [0.2, 0.25) is 0 Å². The number of rotatable bonds is 49. The highest BCUT2D eigenvalue weighted by molar-refractivity contribution is 5.71. The Morgan fingerprint density at radius 2 is 0.583 bits per heavy atom. The second-order valence-corrected chi connectivity index (χ2v) is 18.8. The van der Waals surface area contributed by atoms with Crippen molar-refractivity contribution in [3.63, 3.8) is 0 Å². The van der Waals surface area contributed by atoms with Crippen LogP contribution in [0.5, 0.6) is 0 Å². The molecular formula is C54H104O6. The van der Waals surface area contributed by atoms with E-state index in [1.165, 1.54) is 193 Å². The number of carbonyl (C=O) groups excluding carboxylic acids is 3. The van der Waals surface area contributed by atoms with Crippen molar-refractivity contribution in [1.82, 2.24) is 0 Å². The van der Waals surface area contributed by atoms with Crippen LogP contribution in [-0.4, -0.2) is 37.2 Å². The van der Waals surface area contributed by atoms with Crippen LogP contribution < -0.4 is 0 Å². The number of hydrogen-bond donors (Lipinski definition) is 0. The molecule has 0 spiro atoms. The molecule has 6 heteroatoms. The molecule has 6 nitrogen and oxygen atoms in total. The predicted octanol–water partition coefficient (Wildman–Crippen LogP) is 17.5. The molecule has 0 aromatic carbocycles. The predicted molar refractivity (Wildman–Crippen MR) is 257 cm³/mol. The van der Waals surface area contributed by atoms with E-state index >= 15 is 0 Å². The second-order valence-electron chi connectivity index (χ2n) is 18.8. The average molecular weight is 849 g/mol. The van der Waals surface area contributed by atoms with Gasteiger partial charge < -0.3 is 14.2 Å². The van der Waals surface area contributed by atoms with Crippen molar-refractivity contribution >= 4 is 17.9 Å². The Hall–Kier alpha value is -1.59. The van der Waals surface area contributed by atoms with Crippen LogP contribution >= 0.6 is 0 Å². The fourth-order valence-electron chi connectivity index (χ4n) is 8.19. The Labute approximate surface area is 374 Å². The highest BCUT2D eigenvalue weighted by Gasteiger charge is 2.19. The van der Waals surface area contributed by atoms with Crippen molar-refractivity contribution in [3.05, 3.63) is 0 Å². The van der Waals surface area contributed by atoms with E-state index in [4.69, 9.17) is 14.2 Å². The van der Waals surface area contributed by atoms with Gasteiger partial charge in [-0.1, -0.05) is 265 Å². The topological polar surface area (TPSA) is 78.9 Å². The molecule has 0 aliphatic heterocycles. The standard InChI is InChI=1S/C54H104O6/c1-5-8-10-12-13-14-15-16-21-26-29-32-35-39-43-47-54(57)60-51(48-58-52(55)45-41-36-11-9-6-2)49-59-53(56)46-42-38-34-31-28-25-23-20-18-17-19-22-24-27-30-33-37-40-44-50(4)7-3/h50-51H,5-49H2,1-4H3/t50?,51-/m0/s1. The molecule has 0 amide bonds. The zero-order valence-electron chi connectivity index (χ0n) is 40.9. The maximum absolute atomic E-state index is 12.7. The number of carbonyl (C=O) groups is 3. The fourth-order valence-corrected chi connectivity index (χ4v) is 8.19. The van der Waals surface area contributed by atoms with E-state index in [0.29, 0.717) is 19.3 Å². The molecule has 0 rings (SSSR count).